The van der Waals surface area contributed by atoms with E-state index in [0.29, 0.717) is 5.41 Å². The summed E-state index contributed by atoms with van der Waals surface area (Å²) in [6, 6.07) is 6.02. The number of aromatic nitrogens is 1. The van der Waals surface area contributed by atoms with E-state index in [1.165, 1.54) is 43.4 Å². The Morgan fingerprint density at radius 3 is 2.74 bits per heavy atom. The van der Waals surface area contributed by atoms with Gasteiger partial charge >= 0.3 is 0 Å². The summed E-state index contributed by atoms with van der Waals surface area (Å²) in [4.78, 5) is 9.50. The van der Waals surface area contributed by atoms with Gasteiger partial charge in [0.15, 0.2) is 5.13 Å². The van der Waals surface area contributed by atoms with Crippen molar-refractivity contribution < 1.29 is 4.74 Å². The zero-order valence-corrected chi connectivity index (χ0v) is 22.6. The highest BCUT2D eigenvalue weighted by Crippen LogP contribution is 2.44. The first-order chi connectivity index (χ1) is 16.6. The highest BCUT2D eigenvalue weighted by molar-refractivity contribution is 7.22. The van der Waals surface area contributed by atoms with E-state index >= 15 is 0 Å². The predicted octanol–water partition coefficient (Wildman–Crippen LogP) is 8.62. The molecule has 34 heavy (non-hydrogen) atoms. The molecule has 3 rings (SSSR count). The maximum Gasteiger partial charge on any atom is 0.183 e. The fraction of sp³-hybridized carbons (Fsp3) is 0.517. The highest BCUT2D eigenvalue weighted by atomic mass is 32.1. The summed E-state index contributed by atoms with van der Waals surface area (Å²) < 4.78 is 6.54. The van der Waals surface area contributed by atoms with E-state index in [0.717, 1.165) is 47.0 Å². The number of nitrogens with one attached hydrogen (secondary N) is 1. The van der Waals surface area contributed by atoms with Crippen LogP contribution < -0.4 is 10.1 Å². The Kier molecular flexibility index (Phi) is 12.1. The number of aliphatic imine (C=N–C) groups is 1. The summed E-state index contributed by atoms with van der Waals surface area (Å²) in [7, 11) is 1.68. The van der Waals surface area contributed by atoms with E-state index in [9.17, 15) is 0 Å². The third-order valence-electron chi connectivity index (χ3n) is 6.47. The first-order valence-corrected chi connectivity index (χ1v) is 13.6. The quantitative estimate of drug-likeness (QED) is 0.244. The Balaban J connectivity index is 0.00000199. The lowest BCUT2D eigenvalue weighted by Gasteiger charge is -2.27. The van der Waals surface area contributed by atoms with Crippen LogP contribution in [0, 0.1) is 5.41 Å². The number of fused-ring (bicyclic) bond motifs is 1. The number of rotatable bonds is 12. The molecule has 0 amide bonds. The van der Waals surface area contributed by atoms with Crippen LogP contribution in [0.1, 0.15) is 72.6 Å². The molecule has 0 unspecified atom stereocenters. The Bertz CT molecular complexity index is 980. The Hall–Kier alpha value is -2.40. The summed E-state index contributed by atoms with van der Waals surface area (Å²) in [5.74, 6) is 0.815. The van der Waals surface area contributed by atoms with Crippen molar-refractivity contribution in [3.05, 3.63) is 54.7 Å². The first kappa shape index (κ1) is 27.8. The van der Waals surface area contributed by atoms with Crippen molar-refractivity contribution in [2.24, 2.45) is 10.4 Å². The Labute approximate surface area is 210 Å². The van der Waals surface area contributed by atoms with E-state index in [1.807, 2.05) is 32.1 Å². The lowest BCUT2D eigenvalue weighted by Crippen LogP contribution is -2.18. The number of nitrogens with zero attached hydrogens (tertiary/aromatic N) is 2. The van der Waals surface area contributed by atoms with Gasteiger partial charge in [0, 0.05) is 12.3 Å². The minimum atomic E-state index is 0.515. The van der Waals surface area contributed by atoms with Gasteiger partial charge in [-0.3, -0.25) is 4.99 Å². The van der Waals surface area contributed by atoms with E-state index < -0.39 is 0 Å². The number of hydrogen-bond acceptors (Lipinski definition) is 5. The van der Waals surface area contributed by atoms with Crippen molar-refractivity contribution >= 4 is 32.4 Å². The second-order valence-electron chi connectivity index (χ2n) is 8.70. The monoisotopic (exact) mass is 481 g/mol. The van der Waals surface area contributed by atoms with Gasteiger partial charge in [-0.15, -0.1) is 0 Å². The van der Waals surface area contributed by atoms with Gasteiger partial charge in [-0.05, 0) is 55.7 Å². The van der Waals surface area contributed by atoms with Gasteiger partial charge in [0.25, 0.3) is 0 Å². The minimum absolute atomic E-state index is 0.515. The third-order valence-corrected chi connectivity index (χ3v) is 7.45. The van der Waals surface area contributed by atoms with Gasteiger partial charge in [-0.25, -0.2) is 4.98 Å². The number of benzene rings is 1. The predicted molar refractivity (Wildman–Crippen MR) is 152 cm³/mol. The van der Waals surface area contributed by atoms with E-state index in [-0.39, 0.29) is 0 Å². The number of hydrogen-bond donors (Lipinski definition) is 1. The zero-order valence-electron chi connectivity index (χ0n) is 21.8. The number of thiazole rings is 1. The fourth-order valence-corrected chi connectivity index (χ4v) is 5.55. The fourth-order valence-electron chi connectivity index (χ4n) is 4.64. The van der Waals surface area contributed by atoms with Crippen molar-refractivity contribution in [1.82, 2.24) is 4.98 Å². The maximum absolute atomic E-state index is 5.41. The third kappa shape index (κ3) is 8.12. The van der Waals surface area contributed by atoms with Gasteiger partial charge in [0.2, 0.25) is 0 Å². The summed E-state index contributed by atoms with van der Waals surface area (Å²) in [6.45, 7) is 13.9. The average Bonchev–Trinajstić information content (AvgIpc) is 3.50. The van der Waals surface area contributed by atoms with Crippen LogP contribution in [0.4, 0.5) is 5.13 Å². The van der Waals surface area contributed by atoms with Crippen LogP contribution in [-0.2, 0) is 0 Å². The van der Waals surface area contributed by atoms with Crippen LogP contribution in [0.25, 0.3) is 10.2 Å². The molecule has 1 aromatic heterocycles. The molecule has 0 aliphatic heterocycles. The summed E-state index contributed by atoms with van der Waals surface area (Å²) >= 11 is 1.65. The number of anilines is 1. The van der Waals surface area contributed by atoms with Crippen LogP contribution >= 0.6 is 11.3 Å². The van der Waals surface area contributed by atoms with Gasteiger partial charge in [0.1, 0.15) is 11.3 Å². The molecule has 1 fully saturated rings. The second kappa shape index (κ2) is 14.8. The number of ether oxygens (including phenoxy) is 1. The molecule has 1 aliphatic carbocycles. The molecule has 5 heteroatoms. The van der Waals surface area contributed by atoms with Gasteiger partial charge in [-0.1, -0.05) is 88.3 Å². The van der Waals surface area contributed by atoms with Crippen LogP contribution in [0.15, 0.2) is 59.6 Å². The number of allylic oxidation sites excluding steroid dienone is 3. The lowest BCUT2D eigenvalue weighted by molar-refractivity contribution is 0.297. The van der Waals surface area contributed by atoms with Crippen molar-refractivity contribution in [3.63, 3.8) is 0 Å². The van der Waals surface area contributed by atoms with E-state index in [2.05, 4.69) is 55.0 Å². The number of para-hydroxylation sites is 1. The Morgan fingerprint density at radius 2 is 2.06 bits per heavy atom. The molecule has 1 aromatic carbocycles. The van der Waals surface area contributed by atoms with Crippen molar-refractivity contribution in [3.8, 4) is 5.75 Å². The first-order valence-electron chi connectivity index (χ1n) is 12.7. The molecule has 0 atom stereocenters. The topological polar surface area (TPSA) is 46.5 Å². The van der Waals surface area contributed by atoms with Gasteiger partial charge in [-0.2, -0.15) is 0 Å². The maximum atomic E-state index is 5.41. The van der Waals surface area contributed by atoms with Gasteiger partial charge < -0.3 is 10.1 Å². The largest absolute Gasteiger partial charge is 0.494 e. The van der Waals surface area contributed by atoms with Gasteiger partial charge in [0.05, 0.1) is 18.4 Å². The number of methoxy groups -OCH3 is 1. The molecule has 2 aromatic rings. The van der Waals surface area contributed by atoms with Crippen LogP contribution in [0.5, 0.6) is 5.75 Å². The van der Waals surface area contributed by atoms with Crippen LogP contribution in [0.3, 0.4) is 0 Å². The summed E-state index contributed by atoms with van der Waals surface area (Å²) in [5, 5.41) is 4.37. The lowest BCUT2D eigenvalue weighted by atomic mass is 9.79. The smallest absolute Gasteiger partial charge is 0.183 e. The van der Waals surface area contributed by atoms with E-state index in [4.69, 9.17) is 9.73 Å². The second-order valence-corrected chi connectivity index (χ2v) is 9.73. The van der Waals surface area contributed by atoms with Crippen LogP contribution in [-0.4, -0.2) is 30.9 Å². The van der Waals surface area contributed by atoms with Crippen molar-refractivity contribution in [1.29, 1.82) is 0 Å². The molecular weight excluding hydrogens is 438 g/mol. The normalized spacial score (nSPS) is 15.9. The zero-order chi connectivity index (χ0) is 24.8. The standard InChI is InChI=1S/C27H37N3OS.C2H6/c1-5-11-22(12-10-18-28-21(3)20-27(6-2)16-7-8-17-27)15-19-29-26-30-25-23(31-4)13-9-14-24(25)32-26;1-2/h5,9-14H,1,6-8,15-20H2,2-4H3,(H,29,30);1-2H3/b12-10-,22-11+,28-21?;. The summed E-state index contributed by atoms with van der Waals surface area (Å²) in [5.41, 5.74) is 3.96. The SMILES string of the molecule is C=C/C=C(\C=C/CN=C(C)CC1(CC)CCCC1)CCNc1nc2c(OC)cccc2s1.CC. The molecule has 0 radical (unpaired) electrons. The molecule has 186 valence electrons. The van der Waals surface area contributed by atoms with Crippen molar-refractivity contribution in [2.45, 2.75) is 72.6 Å². The molecule has 1 N–H and O–H groups in total. The van der Waals surface area contributed by atoms with E-state index in [1.54, 1.807) is 18.4 Å². The molecule has 4 nitrogen and oxygen atoms in total. The Morgan fingerprint density at radius 1 is 1.29 bits per heavy atom. The molecule has 0 bridgehead atoms. The molecule has 0 saturated heterocycles. The molecule has 1 heterocycles. The molecule has 0 spiro atoms. The highest BCUT2D eigenvalue weighted by Gasteiger charge is 2.32. The minimum Gasteiger partial charge on any atom is -0.494 e. The molecule has 1 saturated carbocycles. The average molecular weight is 482 g/mol. The van der Waals surface area contributed by atoms with Crippen molar-refractivity contribution in [2.75, 3.05) is 25.5 Å². The molecule has 1 aliphatic rings. The summed E-state index contributed by atoms with van der Waals surface area (Å²) in [6.07, 6.45) is 17.1. The molecular formula is C29H43N3OS. The van der Waals surface area contributed by atoms with Crippen LogP contribution in [0.2, 0.25) is 0 Å².